The van der Waals surface area contributed by atoms with Crippen LogP contribution < -0.4 is 10.9 Å². The Labute approximate surface area is 137 Å². The monoisotopic (exact) mass is 325 g/mol. The fraction of sp³-hybridized carbons (Fsp3) is 0.167. The third-order valence-electron chi connectivity index (χ3n) is 3.75. The first-order valence-electron chi connectivity index (χ1n) is 7.59. The Balaban J connectivity index is 2.19. The van der Waals surface area contributed by atoms with Crippen LogP contribution in [0.25, 0.3) is 16.6 Å². The molecule has 0 radical (unpaired) electrons. The van der Waals surface area contributed by atoms with Crippen LogP contribution in [0.4, 0.5) is 10.1 Å². The highest BCUT2D eigenvalue weighted by molar-refractivity contribution is 5.91. The SMILES string of the molecule is CCC(=O)Nc1cc(-n2c(C)nc3ccccc3c2=O)ccc1F. The number of carbonyl (C=O) groups is 1. The summed E-state index contributed by atoms with van der Waals surface area (Å²) in [6.07, 6.45) is 0.236. The highest BCUT2D eigenvalue weighted by Gasteiger charge is 2.12. The zero-order valence-electron chi connectivity index (χ0n) is 13.3. The van der Waals surface area contributed by atoms with Crippen molar-refractivity contribution in [3.8, 4) is 5.69 Å². The minimum atomic E-state index is -0.556. The molecule has 0 unspecified atom stereocenters. The maximum absolute atomic E-state index is 13.9. The molecule has 1 heterocycles. The quantitative estimate of drug-likeness (QED) is 0.804. The zero-order chi connectivity index (χ0) is 17.3. The summed E-state index contributed by atoms with van der Waals surface area (Å²) in [7, 11) is 0. The number of anilines is 1. The molecule has 1 aromatic heterocycles. The van der Waals surface area contributed by atoms with Crippen LogP contribution in [-0.4, -0.2) is 15.5 Å². The Morgan fingerprint density at radius 3 is 2.75 bits per heavy atom. The van der Waals surface area contributed by atoms with Crippen molar-refractivity contribution in [3.63, 3.8) is 0 Å². The lowest BCUT2D eigenvalue weighted by Gasteiger charge is -2.13. The number of aryl methyl sites for hydroxylation is 1. The van der Waals surface area contributed by atoms with Gasteiger partial charge in [0.05, 0.1) is 22.3 Å². The molecule has 0 aliphatic carbocycles. The first-order valence-corrected chi connectivity index (χ1v) is 7.59. The van der Waals surface area contributed by atoms with E-state index >= 15 is 0 Å². The van der Waals surface area contributed by atoms with Gasteiger partial charge in [-0.15, -0.1) is 0 Å². The molecule has 0 spiro atoms. The molecule has 5 nitrogen and oxygen atoms in total. The molecule has 1 amide bonds. The summed E-state index contributed by atoms with van der Waals surface area (Å²) in [4.78, 5) is 28.7. The number of nitrogens with one attached hydrogen (secondary N) is 1. The van der Waals surface area contributed by atoms with E-state index < -0.39 is 5.82 Å². The Bertz CT molecular complexity index is 995. The Kier molecular flexibility index (Phi) is 4.12. The summed E-state index contributed by atoms with van der Waals surface area (Å²) < 4.78 is 15.3. The number of para-hydroxylation sites is 1. The molecule has 1 N–H and O–H groups in total. The molecular weight excluding hydrogens is 309 g/mol. The minimum absolute atomic E-state index is 0.0406. The molecule has 24 heavy (non-hydrogen) atoms. The van der Waals surface area contributed by atoms with Gasteiger partial charge in [-0.1, -0.05) is 19.1 Å². The van der Waals surface area contributed by atoms with Crippen LogP contribution in [0.5, 0.6) is 0 Å². The van der Waals surface area contributed by atoms with Gasteiger partial charge in [-0.05, 0) is 37.3 Å². The van der Waals surface area contributed by atoms with E-state index in [-0.39, 0.29) is 23.6 Å². The van der Waals surface area contributed by atoms with E-state index in [0.717, 1.165) is 0 Å². The van der Waals surface area contributed by atoms with Crippen LogP contribution >= 0.6 is 0 Å². The fourth-order valence-corrected chi connectivity index (χ4v) is 2.53. The molecule has 0 aliphatic rings. The van der Waals surface area contributed by atoms with Crippen molar-refractivity contribution in [3.05, 3.63) is 64.5 Å². The van der Waals surface area contributed by atoms with Crippen LogP contribution in [-0.2, 0) is 4.79 Å². The number of benzene rings is 2. The lowest BCUT2D eigenvalue weighted by Crippen LogP contribution is -2.22. The average molecular weight is 325 g/mol. The van der Waals surface area contributed by atoms with Gasteiger partial charge in [-0.2, -0.15) is 0 Å². The summed E-state index contributed by atoms with van der Waals surface area (Å²) in [5.41, 5.74) is 0.859. The fourth-order valence-electron chi connectivity index (χ4n) is 2.53. The third kappa shape index (κ3) is 2.78. The highest BCUT2D eigenvalue weighted by atomic mass is 19.1. The minimum Gasteiger partial charge on any atom is -0.324 e. The van der Waals surface area contributed by atoms with E-state index in [9.17, 15) is 14.0 Å². The van der Waals surface area contributed by atoms with E-state index in [0.29, 0.717) is 22.4 Å². The average Bonchev–Trinajstić information content (AvgIpc) is 2.57. The van der Waals surface area contributed by atoms with E-state index in [4.69, 9.17) is 0 Å². The van der Waals surface area contributed by atoms with Crippen molar-refractivity contribution < 1.29 is 9.18 Å². The maximum Gasteiger partial charge on any atom is 0.265 e. The molecule has 3 rings (SSSR count). The van der Waals surface area contributed by atoms with Crippen LogP contribution in [0.15, 0.2) is 47.3 Å². The molecule has 0 aliphatic heterocycles. The molecule has 3 aromatic rings. The van der Waals surface area contributed by atoms with Gasteiger partial charge in [0.2, 0.25) is 5.91 Å². The van der Waals surface area contributed by atoms with Crippen molar-refractivity contribution in [1.29, 1.82) is 0 Å². The number of amides is 1. The van der Waals surface area contributed by atoms with Crippen LogP contribution in [0, 0.1) is 12.7 Å². The van der Waals surface area contributed by atoms with Crippen LogP contribution in [0.1, 0.15) is 19.2 Å². The van der Waals surface area contributed by atoms with Gasteiger partial charge >= 0.3 is 0 Å². The van der Waals surface area contributed by atoms with Crippen LogP contribution in [0.3, 0.4) is 0 Å². The van der Waals surface area contributed by atoms with Gasteiger partial charge in [-0.3, -0.25) is 14.2 Å². The lowest BCUT2D eigenvalue weighted by atomic mass is 10.2. The van der Waals surface area contributed by atoms with Crippen molar-refractivity contribution in [2.24, 2.45) is 0 Å². The topological polar surface area (TPSA) is 64.0 Å². The number of hydrogen-bond acceptors (Lipinski definition) is 3. The van der Waals surface area contributed by atoms with Gasteiger partial charge in [0, 0.05) is 6.42 Å². The predicted molar refractivity (Wildman–Crippen MR) is 91.0 cm³/mol. The number of rotatable bonds is 3. The number of fused-ring (bicyclic) bond motifs is 1. The highest BCUT2D eigenvalue weighted by Crippen LogP contribution is 2.20. The number of hydrogen-bond donors (Lipinski definition) is 1. The molecule has 2 aromatic carbocycles. The van der Waals surface area contributed by atoms with Crippen LogP contribution in [0.2, 0.25) is 0 Å². The zero-order valence-corrected chi connectivity index (χ0v) is 13.3. The molecule has 0 saturated carbocycles. The number of nitrogens with zero attached hydrogens (tertiary/aromatic N) is 2. The molecule has 6 heteroatoms. The van der Waals surface area contributed by atoms with E-state index in [1.807, 2.05) is 6.07 Å². The first kappa shape index (κ1) is 15.9. The van der Waals surface area contributed by atoms with E-state index in [2.05, 4.69) is 10.3 Å². The van der Waals surface area contributed by atoms with E-state index in [1.165, 1.54) is 22.8 Å². The van der Waals surface area contributed by atoms with Crippen molar-refractivity contribution in [1.82, 2.24) is 9.55 Å². The third-order valence-corrected chi connectivity index (χ3v) is 3.75. The van der Waals surface area contributed by atoms with Crippen molar-refractivity contribution in [2.45, 2.75) is 20.3 Å². The normalized spacial score (nSPS) is 10.8. The summed E-state index contributed by atoms with van der Waals surface area (Å²) in [5, 5.41) is 2.97. The van der Waals surface area contributed by atoms with Gasteiger partial charge < -0.3 is 5.32 Å². The molecular formula is C18H16FN3O2. The molecule has 0 bridgehead atoms. The number of aromatic nitrogens is 2. The van der Waals surface area contributed by atoms with Gasteiger partial charge in [-0.25, -0.2) is 9.37 Å². The largest absolute Gasteiger partial charge is 0.324 e. The van der Waals surface area contributed by atoms with Crippen molar-refractivity contribution >= 4 is 22.5 Å². The van der Waals surface area contributed by atoms with Gasteiger partial charge in [0.25, 0.3) is 5.56 Å². The molecule has 0 fully saturated rings. The smallest absolute Gasteiger partial charge is 0.265 e. The summed E-state index contributed by atoms with van der Waals surface area (Å²) in [5.74, 6) is -0.371. The van der Waals surface area contributed by atoms with E-state index in [1.54, 1.807) is 32.0 Å². The Hall–Kier alpha value is -3.02. The Morgan fingerprint density at radius 2 is 2.00 bits per heavy atom. The maximum atomic E-state index is 13.9. The number of carbonyl (C=O) groups excluding carboxylic acids is 1. The molecule has 0 saturated heterocycles. The first-order chi connectivity index (χ1) is 11.5. The predicted octanol–water partition coefficient (Wildman–Crippen LogP) is 3.18. The second-order valence-electron chi connectivity index (χ2n) is 5.38. The molecule has 122 valence electrons. The standard InChI is InChI=1S/C18H16FN3O2/c1-3-17(23)21-16-10-12(8-9-14(16)19)22-11(2)20-15-7-5-4-6-13(15)18(22)24/h4-10H,3H2,1-2H3,(H,21,23). The Morgan fingerprint density at radius 1 is 1.25 bits per heavy atom. The number of halogens is 1. The van der Waals surface area contributed by atoms with Gasteiger partial charge in [0.1, 0.15) is 11.6 Å². The summed E-state index contributed by atoms with van der Waals surface area (Å²) in [6, 6.07) is 11.2. The second kappa shape index (κ2) is 6.23. The lowest BCUT2D eigenvalue weighted by molar-refractivity contribution is -0.115. The second-order valence-corrected chi connectivity index (χ2v) is 5.38. The van der Waals surface area contributed by atoms with Gasteiger partial charge in [0.15, 0.2) is 0 Å². The summed E-state index contributed by atoms with van der Waals surface area (Å²) in [6.45, 7) is 3.39. The van der Waals surface area contributed by atoms with Crippen molar-refractivity contribution in [2.75, 3.05) is 5.32 Å². The summed E-state index contributed by atoms with van der Waals surface area (Å²) >= 11 is 0. The molecule has 0 atom stereocenters.